The third-order valence-corrected chi connectivity index (χ3v) is 5.33. The first-order valence-electron chi connectivity index (χ1n) is 11.1. The monoisotopic (exact) mass is 560 g/mol. The molecule has 0 aliphatic carbocycles. The smallest absolute Gasteiger partial charge is 0.475 e. The Balaban J connectivity index is 0.000000301. The van der Waals surface area contributed by atoms with Crippen LogP contribution in [0.1, 0.15) is 18.5 Å². The van der Waals surface area contributed by atoms with E-state index >= 15 is 0 Å². The largest absolute Gasteiger partial charge is 0.490 e. The van der Waals surface area contributed by atoms with E-state index in [2.05, 4.69) is 20.7 Å². The number of aryl methyl sites for hydroxylation is 1. The van der Waals surface area contributed by atoms with Gasteiger partial charge in [0, 0.05) is 51.5 Å². The van der Waals surface area contributed by atoms with Gasteiger partial charge in [0.2, 0.25) is 0 Å². The highest BCUT2D eigenvalue weighted by molar-refractivity contribution is 5.73. The SMILES string of the molecule is Cn1nccc1-c1nnn2c1COCC(CNC1CCOCC1)C2.O=C(O)C(F)(F)F.O=C(O)C(F)(F)F. The van der Waals surface area contributed by atoms with Gasteiger partial charge in [0.25, 0.3) is 0 Å². The molecule has 2 aliphatic heterocycles. The Morgan fingerprint density at radius 3 is 2.16 bits per heavy atom. The maximum Gasteiger partial charge on any atom is 0.490 e. The van der Waals surface area contributed by atoms with E-state index in [0.29, 0.717) is 18.6 Å². The molecule has 1 unspecified atom stereocenters. The number of alkyl halides is 6. The lowest BCUT2D eigenvalue weighted by Crippen LogP contribution is -2.39. The number of hydrogen-bond acceptors (Lipinski definition) is 8. The molecule has 38 heavy (non-hydrogen) atoms. The molecule has 4 rings (SSSR count). The van der Waals surface area contributed by atoms with Crippen LogP contribution in [0.25, 0.3) is 11.4 Å². The minimum atomic E-state index is -5.08. The number of fused-ring (bicyclic) bond motifs is 1. The van der Waals surface area contributed by atoms with Gasteiger partial charge in [-0.1, -0.05) is 5.21 Å². The van der Waals surface area contributed by atoms with E-state index in [9.17, 15) is 26.3 Å². The quantitative estimate of drug-likeness (QED) is 0.472. The zero-order valence-electron chi connectivity index (χ0n) is 20.0. The lowest BCUT2D eigenvalue weighted by molar-refractivity contribution is -0.193. The number of carboxylic acids is 2. The maximum absolute atomic E-state index is 10.6. The van der Waals surface area contributed by atoms with Crippen LogP contribution >= 0.6 is 0 Å². The number of nitrogens with one attached hydrogen (secondary N) is 1. The Morgan fingerprint density at radius 1 is 1.08 bits per heavy atom. The first-order chi connectivity index (χ1) is 17.7. The van der Waals surface area contributed by atoms with Crippen LogP contribution in [-0.2, 0) is 39.3 Å². The van der Waals surface area contributed by atoms with Crippen molar-refractivity contribution in [3.8, 4) is 11.4 Å². The van der Waals surface area contributed by atoms with E-state index in [0.717, 1.165) is 62.8 Å². The van der Waals surface area contributed by atoms with E-state index in [1.54, 1.807) is 6.20 Å². The summed E-state index contributed by atoms with van der Waals surface area (Å²) in [5.74, 6) is -5.12. The maximum atomic E-state index is 10.6. The summed E-state index contributed by atoms with van der Waals surface area (Å²) in [4.78, 5) is 17.8. The van der Waals surface area contributed by atoms with E-state index in [-0.39, 0.29) is 0 Å². The zero-order chi connectivity index (χ0) is 28.5. The predicted molar refractivity (Wildman–Crippen MR) is 115 cm³/mol. The summed E-state index contributed by atoms with van der Waals surface area (Å²) < 4.78 is 78.6. The fourth-order valence-corrected chi connectivity index (χ4v) is 3.41. The molecule has 2 aromatic heterocycles. The molecule has 1 fully saturated rings. The van der Waals surface area contributed by atoms with Gasteiger partial charge in [-0.3, -0.25) is 4.68 Å². The van der Waals surface area contributed by atoms with Crippen molar-refractivity contribution >= 4 is 11.9 Å². The molecule has 1 atom stereocenters. The predicted octanol–water partition coefficient (Wildman–Crippen LogP) is 1.86. The summed E-state index contributed by atoms with van der Waals surface area (Å²) >= 11 is 0. The minimum absolute atomic E-state index is 0.398. The van der Waals surface area contributed by atoms with Crippen molar-refractivity contribution < 1.29 is 55.6 Å². The normalized spacial score (nSPS) is 18.2. The Labute approximate surface area is 211 Å². The number of hydrogen-bond donors (Lipinski definition) is 3. The van der Waals surface area contributed by atoms with Crippen LogP contribution in [0.15, 0.2) is 12.3 Å². The standard InChI is InChI=1S/C16H24N6O2.2C2HF3O2/c1-21-14(2-5-18-21)16-15-11-24-10-12(9-22(15)20-19-16)8-17-13-3-6-23-7-4-13;2*3-2(4,5)1(6)7/h2,5,12-13,17H,3-4,6-11H2,1H3;2*(H,6,7). The lowest BCUT2D eigenvalue weighted by atomic mass is 10.1. The van der Waals surface area contributed by atoms with Crippen LogP contribution in [0.3, 0.4) is 0 Å². The average molecular weight is 560 g/mol. The van der Waals surface area contributed by atoms with Gasteiger partial charge < -0.3 is 25.0 Å². The zero-order valence-corrected chi connectivity index (χ0v) is 20.0. The molecule has 0 radical (unpaired) electrons. The molecule has 214 valence electrons. The van der Waals surface area contributed by atoms with Crippen LogP contribution in [0, 0.1) is 5.92 Å². The second-order valence-corrected chi connectivity index (χ2v) is 8.19. The summed E-state index contributed by atoms with van der Waals surface area (Å²) in [7, 11) is 1.92. The number of carbonyl (C=O) groups is 2. The first kappa shape index (κ1) is 31.0. The Bertz CT molecular complexity index is 1030. The molecule has 0 aromatic carbocycles. The van der Waals surface area contributed by atoms with Crippen molar-refractivity contribution in [3.63, 3.8) is 0 Å². The summed E-state index contributed by atoms with van der Waals surface area (Å²) in [5.41, 5.74) is 2.87. The van der Waals surface area contributed by atoms with Crippen LogP contribution < -0.4 is 5.32 Å². The molecule has 3 N–H and O–H groups in total. The minimum Gasteiger partial charge on any atom is -0.475 e. The van der Waals surface area contributed by atoms with E-state index < -0.39 is 24.3 Å². The average Bonchev–Trinajstić information content (AvgIpc) is 3.37. The molecular weight excluding hydrogens is 534 g/mol. The number of aromatic nitrogens is 5. The molecule has 12 nitrogen and oxygen atoms in total. The van der Waals surface area contributed by atoms with Crippen molar-refractivity contribution in [2.75, 3.05) is 26.4 Å². The molecule has 18 heteroatoms. The van der Waals surface area contributed by atoms with E-state index in [1.807, 2.05) is 22.5 Å². The number of aliphatic carboxylic acids is 2. The van der Waals surface area contributed by atoms with Gasteiger partial charge in [-0.25, -0.2) is 14.3 Å². The molecule has 4 heterocycles. The molecule has 0 spiro atoms. The fourth-order valence-electron chi connectivity index (χ4n) is 3.41. The van der Waals surface area contributed by atoms with Crippen molar-refractivity contribution in [2.45, 2.75) is 44.4 Å². The van der Waals surface area contributed by atoms with Gasteiger partial charge in [0.15, 0.2) is 0 Å². The molecule has 0 saturated carbocycles. The summed E-state index contributed by atoms with van der Waals surface area (Å²) in [5, 5.41) is 30.8. The first-order valence-corrected chi connectivity index (χ1v) is 11.1. The second kappa shape index (κ2) is 13.5. The summed E-state index contributed by atoms with van der Waals surface area (Å²) in [6, 6.07) is 2.52. The van der Waals surface area contributed by atoms with Crippen molar-refractivity contribution in [1.29, 1.82) is 0 Å². The highest BCUT2D eigenvalue weighted by Gasteiger charge is 2.38. The summed E-state index contributed by atoms with van der Waals surface area (Å²) in [6.07, 6.45) is -6.21. The number of rotatable bonds is 4. The van der Waals surface area contributed by atoms with Gasteiger partial charge in [0.1, 0.15) is 5.69 Å². The molecule has 2 aliphatic rings. The second-order valence-electron chi connectivity index (χ2n) is 8.19. The van der Waals surface area contributed by atoms with Gasteiger partial charge in [-0.15, -0.1) is 5.10 Å². The van der Waals surface area contributed by atoms with Gasteiger partial charge >= 0.3 is 24.3 Å². The Morgan fingerprint density at radius 2 is 1.66 bits per heavy atom. The molecular formula is C20H26F6N6O6. The highest BCUT2D eigenvalue weighted by atomic mass is 19.4. The van der Waals surface area contributed by atoms with Crippen LogP contribution in [0.5, 0.6) is 0 Å². The number of ether oxygens (including phenoxy) is 2. The summed E-state index contributed by atoms with van der Waals surface area (Å²) in [6.45, 7) is 4.77. The van der Waals surface area contributed by atoms with Crippen LogP contribution in [0.4, 0.5) is 26.3 Å². The van der Waals surface area contributed by atoms with Crippen LogP contribution in [-0.4, -0.2) is 91.7 Å². The van der Waals surface area contributed by atoms with E-state index in [1.165, 1.54) is 0 Å². The van der Waals surface area contributed by atoms with Gasteiger partial charge in [-0.05, 0) is 18.9 Å². The molecule has 1 saturated heterocycles. The molecule has 0 amide bonds. The molecule has 0 bridgehead atoms. The Hall–Kier alpha value is -3.25. The highest BCUT2D eigenvalue weighted by Crippen LogP contribution is 2.24. The van der Waals surface area contributed by atoms with Crippen molar-refractivity contribution in [3.05, 3.63) is 18.0 Å². The lowest BCUT2D eigenvalue weighted by Gasteiger charge is -2.25. The fraction of sp³-hybridized carbons (Fsp3) is 0.650. The third-order valence-electron chi connectivity index (χ3n) is 5.33. The molecule has 2 aromatic rings. The van der Waals surface area contributed by atoms with Crippen molar-refractivity contribution in [2.24, 2.45) is 13.0 Å². The Kier molecular flexibility index (Phi) is 11.0. The van der Waals surface area contributed by atoms with Gasteiger partial charge in [-0.2, -0.15) is 31.4 Å². The number of halogens is 6. The van der Waals surface area contributed by atoms with Crippen molar-refractivity contribution in [1.82, 2.24) is 30.1 Å². The topological polar surface area (TPSA) is 154 Å². The van der Waals surface area contributed by atoms with E-state index in [4.69, 9.17) is 29.3 Å². The van der Waals surface area contributed by atoms with Gasteiger partial charge in [0.05, 0.1) is 24.6 Å². The third kappa shape index (κ3) is 9.56. The van der Waals surface area contributed by atoms with Crippen LogP contribution in [0.2, 0.25) is 0 Å². The number of carboxylic acid groups (broad SMARTS) is 2. The number of nitrogens with zero attached hydrogens (tertiary/aromatic N) is 5.